The minimum Gasteiger partial charge on any atom is -0.290 e. The van der Waals surface area contributed by atoms with Crippen LogP contribution in [0.15, 0.2) is 12.3 Å². The lowest BCUT2D eigenvalue weighted by Crippen LogP contribution is -2.50. The molecule has 2 heterocycles. The summed E-state index contributed by atoms with van der Waals surface area (Å²) in [6, 6.07) is 2.94. The van der Waals surface area contributed by atoms with Crippen molar-refractivity contribution in [3.05, 3.63) is 18.0 Å². The zero-order valence-corrected chi connectivity index (χ0v) is 13.3. The molecule has 1 aromatic heterocycles. The summed E-state index contributed by atoms with van der Waals surface area (Å²) in [6.07, 6.45) is 6.54. The third-order valence-corrected chi connectivity index (χ3v) is 6.12. The first-order valence-electron chi connectivity index (χ1n) is 7.83. The summed E-state index contributed by atoms with van der Waals surface area (Å²) in [6.45, 7) is 3.93. The van der Waals surface area contributed by atoms with E-state index in [1.807, 2.05) is 6.20 Å². The second kappa shape index (κ2) is 6.06. The van der Waals surface area contributed by atoms with Crippen molar-refractivity contribution in [2.45, 2.75) is 57.8 Å². The molecule has 7 heteroatoms. The molecule has 0 radical (unpaired) electrons. The molecule has 0 unspecified atom stereocenters. The maximum atomic E-state index is 11.7. The highest BCUT2D eigenvalue weighted by atomic mass is 32.2. The molecule has 0 bridgehead atoms. The van der Waals surface area contributed by atoms with Gasteiger partial charge in [0, 0.05) is 37.9 Å². The Kier molecular flexibility index (Phi) is 4.33. The molecule has 1 saturated carbocycles. The average molecular weight is 312 g/mol. The molecule has 21 heavy (non-hydrogen) atoms. The van der Waals surface area contributed by atoms with Crippen LogP contribution in [0.5, 0.6) is 0 Å². The van der Waals surface area contributed by atoms with E-state index in [1.165, 1.54) is 25.0 Å². The van der Waals surface area contributed by atoms with E-state index >= 15 is 0 Å². The zero-order chi connectivity index (χ0) is 14.9. The van der Waals surface area contributed by atoms with E-state index in [9.17, 15) is 8.42 Å². The molecule has 1 N–H and O–H groups in total. The van der Waals surface area contributed by atoms with Gasteiger partial charge in [-0.3, -0.25) is 9.58 Å². The van der Waals surface area contributed by atoms with Crippen LogP contribution < -0.4 is 4.72 Å². The van der Waals surface area contributed by atoms with Gasteiger partial charge in [0.1, 0.15) is 0 Å². The Bertz CT molecular complexity index is 580. The molecular weight excluding hydrogens is 288 g/mol. The number of rotatable bonds is 5. The minimum atomic E-state index is -3.12. The molecule has 118 valence electrons. The average Bonchev–Trinajstić information content (AvgIpc) is 2.77. The molecule has 1 aliphatic carbocycles. The number of fused-ring (bicyclic) bond motifs is 1. The number of aromatic nitrogens is 2. The number of nitrogens with one attached hydrogen (secondary N) is 1. The highest BCUT2D eigenvalue weighted by Crippen LogP contribution is 2.30. The van der Waals surface area contributed by atoms with Crippen molar-refractivity contribution >= 4 is 10.0 Å². The van der Waals surface area contributed by atoms with Crippen molar-refractivity contribution in [1.82, 2.24) is 19.4 Å². The minimum absolute atomic E-state index is 0.144. The lowest BCUT2D eigenvalue weighted by Gasteiger charge is -2.41. The smallest absolute Gasteiger partial charge is 0.211 e. The van der Waals surface area contributed by atoms with Crippen molar-refractivity contribution in [2.24, 2.45) is 0 Å². The molecule has 0 spiro atoms. The zero-order valence-electron chi connectivity index (χ0n) is 12.5. The monoisotopic (exact) mass is 312 g/mol. The molecule has 1 aromatic rings. The maximum absolute atomic E-state index is 11.7. The fourth-order valence-electron chi connectivity index (χ4n) is 3.14. The quantitative estimate of drug-likeness (QED) is 0.879. The van der Waals surface area contributed by atoms with Gasteiger partial charge in [0.25, 0.3) is 0 Å². The number of nitrogens with zero attached hydrogens (tertiary/aromatic N) is 3. The van der Waals surface area contributed by atoms with Crippen LogP contribution in [0.25, 0.3) is 0 Å². The lowest BCUT2D eigenvalue weighted by molar-refractivity contribution is 0.0723. The van der Waals surface area contributed by atoms with Gasteiger partial charge in [-0.05, 0) is 32.3 Å². The summed E-state index contributed by atoms with van der Waals surface area (Å²) >= 11 is 0. The fraction of sp³-hybridized carbons (Fsp3) is 0.786. The van der Waals surface area contributed by atoms with Gasteiger partial charge in [-0.25, -0.2) is 13.1 Å². The summed E-state index contributed by atoms with van der Waals surface area (Å²) < 4.78 is 28.2. The van der Waals surface area contributed by atoms with Gasteiger partial charge < -0.3 is 0 Å². The predicted octanol–water partition coefficient (Wildman–Crippen LogP) is 0.949. The standard InChI is InChI=1S/C14H24N4O2S/c1-2-21(19,20)16-10-13-7-9-18-14(6-8-15-18)11-17(13)12-4-3-5-12/h6,8,12-13,16H,2-5,7,9-11H2,1H3/t13-/m1/s1. The Balaban J connectivity index is 1.73. The van der Waals surface area contributed by atoms with Crippen molar-refractivity contribution in [2.75, 3.05) is 12.3 Å². The second-order valence-corrected chi connectivity index (χ2v) is 8.09. The first-order valence-corrected chi connectivity index (χ1v) is 9.48. The Morgan fingerprint density at radius 1 is 1.38 bits per heavy atom. The first-order chi connectivity index (χ1) is 10.1. The Hall–Kier alpha value is -0.920. The summed E-state index contributed by atoms with van der Waals surface area (Å²) in [5, 5.41) is 4.37. The molecular formula is C14H24N4O2S. The molecule has 0 aromatic carbocycles. The van der Waals surface area contributed by atoms with Crippen LogP contribution in [0.1, 0.15) is 38.3 Å². The third-order valence-electron chi connectivity index (χ3n) is 4.75. The van der Waals surface area contributed by atoms with Gasteiger partial charge in [-0.15, -0.1) is 0 Å². The van der Waals surface area contributed by atoms with E-state index < -0.39 is 10.0 Å². The molecule has 6 nitrogen and oxygen atoms in total. The number of aryl methyl sites for hydroxylation is 1. The van der Waals surface area contributed by atoms with Crippen LogP contribution in [-0.2, 0) is 23.1 Å². The van der Waals surface area contributed by atoms with Gasteiger partial charge in [0.05, 0.1) is 11.4 Å². The molecule has 1 fully saturated rings. The van der Waals surface area contributed by atoms with Crippen LogP contribution in [0.2, 0.25) is 0 Å². The van der Waals surface area contributed by atoms with Crippen molar-refractivity contribution in [3.8, 4) is 0 Å². The van der Waals surface area contributed by atoms with Gasteiger partial charge >= 0.3 is 0 Å². The summed E-state index contributed by atoms with van der Waals surface area (Å²) in [5.74, 6) is 0.144. The molecule has 0 saturated heterocycles. The lowest BCUT2D eigenvalue weighted by atomic mass is 9.90. The Morgan fingerprint density at radius 3 is 2.86 bits per heavy atom. The van der Waals surface area contributed by atoms with Crippen LogP contribution in [0.3, 0.4) is 0 Å². The highest BCUT2D eigenvalue weighted by molar-refractivity contribution is 7.89. The normalized spacial score (nSPS) is 24.3. The van der Waals surface area contributed by atoms with E-state index in [-0.39, 0.29) is 11.8 Å². The molecule has 0 amide bonds. The van der Waals surface area contributed by atoms with Crippen LogP contribution in [0.4, 0.5) is 0 Å². The van der Waals surface area contributed by atoms with E-state index in [0.717, 1.165) is 19.5 Å². The molecule has 2 aliphatic rings. The number of sulfonamides is 1. The molecule has 1 atom stereocenters. The maximum Gasteiger partial charge on any atom is 0.211 e. The van der Waals surface area contributed by atoms with Crippen molar-refractivity contribution < 1.29 is 8.42 Å². The topological polar surface area (TPSA) is 67.2 Å². The molecule has 3 rings (SSSR count). The summed E-state index contributed by atoms with van der Waals surface area (Å²) in [5.41, 5.74) is 1.24. The van der Waals surface area contributed by atoms with Crippen LogP contribution in [-0.4, -0.2) is 47.5 Å². The van der Waals surface area contributed by atoms with Gasteiger partial charge in [-0.2, -0.15) is 5.10 Å². The highest BCUT2D eigenvalue weighted by Gasteiger charge is 2.33. The van der Waals surface area contributed by atoms with Gasteiger partial charge in [0.15, 0.2) is 0 Å². The first kappa shape index (κ1) is 15.0. The summed E-state index contributed by atoms with van der Waals surface area (Å²) in [7, 11) is -3.12. The van der Waals surface area contributed by atoms with Crippen molar-refractivity contribution in [1.29, 1.82) is 0 Å². The van der Waals surface area contributed by atoms with E-state index in [0.29, 0.717) is 12.6 Å². The number of hydrogen-bond acceptors (Lipinski definition) is 4. The Morgan fingerprint density at radius 2 is 2.19 bits per heavy atom. The van der Waals surface area contributed by atoms with E-state index in [2.05, 4.69) is 25.5 Å². The van der Waals surface area contributed by atoms with Crippen LogP contribution >= 0.6 is 0 Å². The largest absolute Gasteiger partial charge is 0.290 e. The van der Waals surface area contributed by atoms with Gasteiger partial charge in [-0.1, -0.05) is 6.42 Å². The number of hydrogen-bond donors (Lipinski definition) is 1. The predicted molar refractivity (Wildman–Crippen MR) is 81.3 cm³/mol. The van der Waals surface area contributed by atoms with E-state index in [4.69, 9.17) is 0 Å². The third kappa shape index (κ3) is 3.30. The van der Waals surface area contributed by atoms with Crippen LogP contribution in [0, 0.1) is 0 Å². The van der Waals surface area contributed by atoms with Gasteiger partial charge in [0.2, 0.25) is 10.0 Å². The molecule has 1 aliphatic heterocycles. The fourth-order valence-corrected chi connectivity index (χ4v) is 3.79. The van der Waals surface area contributed by atoms with E-state index in [1.54, 1.807) is 6.92 Å². The summed E-state index contributed by atoms with van der Waals surface area (Å²) in [4.78, 5) is 2.49. The Labute approximate surface area is 126 Å². The SMILES string of the molecule is CCS(=O)(=O)NC[C@H]1CCn2nccc2CN1C1CCC1. The van der Waals surface area contributed by atoms with Crippen molar-refractivity contribution in [3.63, 3.8) is 0 Å². The second-order valence-electron chi connectivity index (χ2n) is 6.00.